The zero-order valence-electron chi connectivity index (χ0n) is 11.4. The molecule has 2 atom stereocenters. The van der Waals surface area contributed by atoms with Crippen molar-refractivity contribution in [2.24, 2.45) is 0 Å². The molecule has 0 aromatic rings. The summed E-state index contributed by atoms with van der Waals surface area (Å²) in [5.74, 6) is 0. The lowest BCUT2D eigenvalue weighted by Gasteiger charge is -2.21. The minimum absolute atomic E-state index is 0.521. The summed E-state index contributed by atoms with van der Waals surface area (Å²) in [6.07, 6.45) is 12.7. The number of ether oxygens (including phenoxy) is 1. The molecule has 2 nitrogen and oxygen atoms in total. The van der Waals surface area contributed by atoms with E-state index in [1.54, 1.807) is 0 Å². The Morgan fingerprint density at radius 2 is 2.29 bits per heavy atom. The Kier molecular flexibility index (Phi) is 8.37. The maximum Gasteiger partial charge on any atom is 0.0590 e. The van der Waals surface area contributed by atoms with Gasteiger partial charge in [0.1, 0.15) is 0 Å². The fraction of sp³-hybridized carbons (Fsp3) is 0.867. The topological polar surface area (TPSA) is 21.3 Å². The molecule has 0 bridgehead atoms. The van der Waals surface area contributed by atoms with Crippen molar-refractivity contribution >= 4 is 0 Å². The number of hydrogen-bond acceptors (Lipinski definition) is 2. The van der Waals surface area contributed by atoms with Gasteiger partial charge in [-0.1, -0.05) is 25.8 Å². The fourth-order valence-electron chi connectivity index (χ4n) is 2.60. The van der Waals surface area contributed by atoms with Gasteiger partial charge >= 0.3 is 0 Å². The van der Waals surface area contributed by atoms with E-state index in [1.165, 1.54) is 44.9 Å². The molecule has 0 amide bonds. The second-order valence-corrected chi connectivity index (χ2v) is 5.05. The molecular weight excluding hydrogens is 210 g/mol. The van der Waals surface area contributed by atoms with Crippen molar-refractivity contribution in [1.29, 1.82) is 0 Å². The molecule has 2 unspecified atom stereocenters. The van der Waals surface area contributed by atoms with Crippen LogP contribution in [0.15, 0.2) is 12.7 Å². The molecule has 17 heavy (non-hydrogen) atoms. The first-order valence-corrected chi connectivity index (χ1v) is 7.32. The van der Waals surface area contributed by atoms with E-state index in [2.05, 4.69) is 18.8 Å². The van der Waals surface area contributed by atoms with E-state index in [0.29, 0.717) is 12.1 Å². The summed E-state index contributed by atoms with van der Waals surface area (Å²) >= 11 is 0. The van der Waals surface area contributed by atoms with E-state index >= 15 is 0 Å². The van der Waals surface area contributed by atoms with Crippen LogP contribution in [0.4, 0.5) is 0 Å². The summed E-state index contributed by atoms with van der Waals surface area (Å²) in [5.41, 5.74) is 0. The van der Waals surface area contributed by atoms with Crippen molar-refractivity contribution in [2.45, 2.75) is 70.4 Å². The van der Waals surface area contributed by atoms with Crippen LogP contribution in [-0.4, -0.2) is 25.3 Å². The lowest BCUT2D eigenvalue weighted by molar-refractivity contribution is 0.0935. The van der Waals surface area contributed by atoms with E-state index in [4.69, 9.17) is 4.74 Å². The second-order valence-electron chi connectivity index (χ2n) is 5.05. The van der Waals surface area contributed by atoms with Crippen LogP contribution >= 0.6 is 0 Å². The average Bonchev–Trinajstić information content (AvgIpc) is 2.82. The van der Waals surface area contributed by atoms with Gasteiger partial charge in [0.25, 0.3) is 0 Å². The summed E-state index contributed by atoms with van der Waals surface area (Å²) in [6, 6.07) is 0.659. The van der Waals surface area contributed by atoms with Crippen LogP contribution in [-0.2, 0) is 4.74 Å². The van der Waals surface area contributed by atoms with Crippen LogP contribution in [0, 0.1) is 0 Å². The largest absolute Gasteiger partial charge is 0.378 e. The molecule has 1 saturated heterocycles. The molecule has 0 spiro atoms. The Morgan fingerprint density at radius 3 is 2.94 bits per heavy atom. The van der Waals surface area contributed by atoms with E-state index in [9.17, 15) is 0 Å². The number of unbranched alkanes of at least 4 members (excludes halogenated alkanes) is 3. The fourth-order valence-corrected chi connectivity index (χ4v) is 2.60. The molecular formula is C15H29NO. The van der Waals surface area contributed by atoms with Gasteiger partial charge in [0.2, 0.25) is 0 Å². The van der Waals surface area contributed by atoms with Gasteiger partial charge in [-0.25, -0.2) is 0 Å². The number of rotatable bonds is 10. The van der Waals surface area contributed by atoms with Gasteiger partial charge in [0.05, 0.1) is 6.10 Å². The Morgan fingerprint density at radius 1 is 1.41 bits per heavy atom. The Labute approximate surface area is 107 Å². The SMILES string of the molecule is C=CCCCCCC(CC1CCCO1)NCC. The van der Waals surface area contributed by atoms with Gasteiger partial charge in [-0.05, 0) is 45.1 Å². The van der Waals surface area contributed by atoms with Crippen LogP contribution in [0.1, 0.15) is 58.3 Å². The molecule has 1 aliphatic rings. The molecule has 1 N–H and O–H groups in total. The Bertz CT molecular complexity index is 187. The molecule has 0 aliphatic carbocycles. The van der Waals surface area contributed by atoms with Crippen LogP contribution in [0.25, 0.3) is 0 Å². The normalized spacial score (nSPS) is 21.6. The maximum absolute atomic E-state index is 5.72. The number of allylic oxidation sites excluding steroid dienone is 1. The molecule has 2 heteroatoms. The maximum atomic E-state index is 5.72. The van der Waals surface area contributed by atoms with E-state index < -0.39 is 0 Å². The van der Waals surface area contributed by atoms with Gasteiger partial charge in [-0.3, -0.25) is 0 Å². The first-order chi connectivity index (χ1) is 8.36. The van der Waals surface area contributed by atoms with Crippen molar-refractivity contribution in [2.75, 3.05) is 13.2 Å². The smallest absolute Gasteiger partial charge is 0.0590 e. The third-order valence-corrected chi connectivity index (χ3v) is 3.53. The lowest BCUT2D eigenvalue weighted by atomic mass is 10.0. The van der Waals surface area contributed by atoms with Crippen molar-refractivity contribution in [1.82, 2.24) is 5.32 Å². The standard InChI is InChI=1S/C15H29NO/c1-3-5-6-7-8-10-14(16-4-2)13-15-11-9-12-17-15/h3,14-16H,1,4-13H2,2H3. The van der Waals surface area contributed by atoms with Crippen LogP contribution in [0.2, 0.25) is 0 Å². The molecule has 1 fully saturated rings. The molecule has 1 aliphatic heterocycles. The van der Waals surface area contributed by atoms with Crippen molar-refractivity contribution in [3.63, 3.8) is 0 Å². The quantitative estimate of drug-likeness (QED) is 0.464. The monoisotopic (exact) mass is 239 g/mol. The van der Waals surface area contributed by atoms with Crippen LogP contribution in [0.3, 0.4) is 0 Å². The predicted octanol–water partition coefficient (Wildman–Crippen LogP) is 3.67. The van der Waals surface area contributed by atoms with E-state index in [-0.39, 0.29) is 0 Å². The summed E-state index contributed by atoms with van der Waals surface area (Å²) in [6.45, 7) is 8.01. The zero-order valence-corrected chi connectivity index (χ0v) is 11.4. The molecule has 0 aromatic carbocycles. The molecule has 0 saturated carbocycles. The molecule has 1 rings (SSSR count). The highest BCUT2D eigenvalue weighted by molar-refractivity contribution is 4.75. The molecule has 1 heterocycles. The molecule has 0 radical (unpaired) electrons. The predicted molar refractivity (Wildman–Crippen MR) is 74.3 cm³/mol. The Balaban J connectivity index is 2.10. The molecule has 0 aromatic heterocycles. The van der Waals surface area contributed by atoms with Gasteiger partial charge in [0.15, 0.2) is 0 Å². The lowest BCUT2D eigenvalue weighted by Crippen LogP contribution is -2.32. The summed E-state index contributed by atoms with van der Waals surface area (Å²) < 4.78 is 5.72. The van der Waals surface area contributed by atoms with Gasteiger partial charge in [0, 0.05) is 12.6 Å². The number of hydrogen-bond donors (Lipinski definition) is 1. The van der Waals surface area contributed by atoms with Crippen LogP contribution in [0.5, 0.6) is 0 Å². The van der Waals surface area contributed by atoms with Gasteiger partial charge in [-0.15, -0.1) is 6.58 Å². The van der Waals surface area contributed by atoms with Gasteiger partial charge < -0.3 is 10.1 Å². The second kappa shape index (κ2) is 9.67. The average molecular weight is 239 g/mol. The van der Waals surface area contributed by atoms with Crippen LogP contribution < -0.4 is 5.32 Å². The number of nitrogens with one attached hydrogen (secondary N) is 1. The highest BCUT2D eigenvalue weighted by Gasteiger charge is 2.19. The van der Waals surface area contributed by atoms with Crippen molar-refractivity contribution in [3.05, 3.63) is 12.7 Å². The minimum atomic E-state index is 0.521. The zero-order chi connectivity index (χ0) is 12.3. The third-order valence-electron chi connectivity index (χ3n) is 3.53. The summed E-state index contributed by atoms with van der Waals surface area (Å²) in [7, 11) is 0. The highest BCUT2D eigenvalue weighted by Crippen LogP contribution is 2.19. The minimum Gasteiger partial charge on any atom is -0.378 e. The summed E-state index contributed by atoms with van der Waals surface area (Å²) in [4.78, 5) is 0. The first-order valence-electron chi connectivity index (χ1n) is 7.32. The van der Waals surface area contributed by atoms with Crippen molar-refractivity contribution in [3.8, 4) is 0 Å². The van der Waals surface area contributed by atoms with Gasteiger partial charge in [-0.2, -0.15) is 0 Å². The van der Waals surface area contributed by atoms with E-state index in [1.807, 2.05) is 6.08 Å². The van der Waals surface area contributed by atoms with E-state index in [0.717, 1.165) is 19.6 Å². The summed E-state index contributed by atoms with van der Waals surface area (Å²) in [5, 5.41) is 3.60. The first kappa shape index (κ1) is 14.7. The van der Waals surface area contributed by atoms with Crippen molar-refractivity contribution < 1.29 is 4.74 Å². The highest BCUT2D eigenvalue weighted by atomic mass is 16.5. The third kappa shape index (κ3) is 6.85. The Hall–Kier alpha value is -0.340. The molecule has 100 valence electrons.